The molecular weight excluding hydrogens is 242 g/mol. The first kappa shape index (κ1) is 13.3. The minimum absolute atomic E-state index is 0.0463. The molecule has 19 heavy (non-hydrogen) atoms. The topological polar surface area (TPSA) is 68.1 Å². The normalized spacial score (nSPS) is 10.9. The van der Waals surface area contributed by atoms with Crippen LogP contribution in [0.2, 0.25) is 0 Å². The second-order valence-corrected chi connectivity index (χ2v) is 4.90. The average Bonchev–Trinajstić information content (AvgIpc) is 2.37. The molecule has 0 unspecified atom stereocenters. The number of pyridine rings is 1. The Kier molecular flexibility index (Phi) is 3.94. The van der Waals surface area contributed by atoms with Crippen LogP contribution in [0, 0.1) is 16.0 Å². The van der Waals surface area contributed by atoms with Gasteiger partial charge in [0.25, 0.3) is 5.69 Å². The minimum atomic E-state index is -0.396. The highest BCUT2D eigenvalue weighted by Crippen LogP contribution is 2.28. The molecule has 2 rings (SSSR count). The van der Waals surface area contributed by atoms with E-state index in [-0.39, 0.29) is 5.69 Å². The van der Waals surface area contributed by atoms with Gasteiger partial charge in [0.1, 0.15) is 5.52 Å². The maximum Gasteiger partial charge on any atom is 0.295 e. The Morgan fingerprint density at radius 2 is 2.16 bits per heavy atom. The zero-order valence-electron chi connectivity index (χ0n) is 11.1. The lowest BCUT2D eigenvalue weighted by Crippen LogP contribution is -2.05. The zero-order valence-corrected chi connectivity index (χ0v) is 11.1. The van der Waals surface area contributed by atoms with E-state index in [0.717, 1.165) is 24.0 Å². The van der Waals surface area contributed by atoms with Crippen molar-refractivity contribution < 1.29 is 4.92 Å². The summed E-state index contributed by atoms with van der Waals surface area (Å²) in [5.41, 5.74) is 1.38. The minimum Gasteiger partial charge on any atom is -0.384 e. The van der Waals surface area contributed by atoms with Gasteiger partial charge >= 0.3 is 0 Å². The Hall–Kier alpha value is -2.17. The molecule has 0 aliphatic heterocycles. The number of nitrogens with zero attached hydrogens (tertiary/aromatic N) is 2. The van der Waals surface area contributed by atoms with E-state index >= 15 is 0 Å². The summed E-state index contributed by atoms with van der Waals surface area (Å²) >= 11 is 0. The summed E-state index contributed by atoms with van der Waals surface area (Å²) in [6.45, 7) is 5.17. The van der Waals surface area contributed by atoms with Crippen LogP contribution in [0.5, 0.6) is 0 Å². The van der Waals surface area contributed by atoms with Gasteiger partial charge in [0.05, 0.1) is 4.92 Å². The number of nitro groups is 1. The van der Waals surface area contributed by atoms with Crippen LogP contribution in [-0.2, 0) is 0 Å². The van der Waals surface area contributed by atoms with Crippen molar-refractivity contribution in [2.24, 2.45) is 5.92 Å². The van der Waals surface area contributed by atoms with Crippen LogP contribution >= 0.6 is 0 Å². The predicted octanol–water partition coefficient (Wildman–Crippen LogP) is 3.60. The van der Waals surface area contributed by atoms with Crippen LogP contribution < -0.4 is 5.32 Å². The molecule has 0 fully saturated rings. The molecule has 0 aliphatic carbocycles. The number of hydrogen-bond acceptors (Lipinski definition) is 4. The number of non-ortho nitro benzene ring substituents is 1. The van der Waals surface area contributed by atoms with Gasteiger partial charge in [-0.25, -0.2) is 4.98 Å². The van der Waals surface area contributed by atoms with Crippen LogP contribution in [0.15, 0.2) is 30.5 Å². The molecule has 1 aromatic carbocycles. The van der Waals surface area contributed by atoms with E-state index in [1.807, 2.05) is 12.1 Å². The molecule has 5 nitrogen and oxygen atoms in total. The van der Waals surface area contributed by atoms with Gasteiger partial charge in [-0.3, -0.25) is 10.1 Å². The number of fused-ring (bicyclic) bond motifs is 1. The van der Waals surface area contributed by atoms with Crippen LogP contribution in [0.4, 0.5) is 11.4 Å². The lowest BCUT2D eigenvalue weighted by atomic mass is 10.1. The molecule has 1 N–H and O–H groups in total. The Balaban J connectivity index is 2.35. The quantitative estimate of drug-likeness (QED) is 0.658. The summed E-state index contributed by atoms with van der Waals surface area (Å²) < 4.78 is 0. The highest BCUT2D eigenvalue weighted by Gasteiger charge is 2.14. The third-order valence-electron chi connectivity index (χ3n) is 2.98. The van der Waals surface area contributed by atoms with Gasteiger partial charge in [-0.1, -0.05) is 26.0 Å². The van der Waals surface area contributed by atoms with Gasteiger partial charge in [0.15, 0.2) is 0 Å². The van der Waals surface area contributed by atoms with Gasteiger partial charge in [-0.05, 0) is 18.4 Å². The molecule has 5 heteroatoms. The van der Waals surface area contributed by atoms with Crippen molar-refractivity contribution in [2.45, 2.75) is 20.3 Å². The van der Waals surface area contributed by atoms with Crippen molar-refractivity contribution in [2.75, 3.05) is 11.9 Å². The van der Waals surface area contributed by atoms with E-state index in [4.69, 9.17) is 0 Å². The molecule has 0 amide bonds. The maximum atomic E-state index is 11.0. The summed E-state index contributed by atoms with van der Waals surface area (Å²) in [6, 6.07) is 6.88. The first-order valence-corrected chi connectivity index (χ1v) is 6.35. The van der Waals surface area contributed by atoms with Crippen LogP contribution in [0.3, 0.4) is 0 Å². The molecule has 0 saturated heterocycles. The first-order valence-electron chi connectivity index (χ1n) is 6.35. The van der Waals surface area contributed by atoms with E-state index in [1.54, 1.807) is 12.3 Å². The molecule has 1 heterocycles. The fourth-order valence-electron chi connectivity index (χ4n) is 1.96. The highest BCUT2D eigenvalue weighted by molar-refractivity contribution is 5.96. The van der Waals surface area contributed by atoms with E-state index < -0.39 is 4.92 Å². The van der Waals surface area contributed by atoms with Crippen molar-refractivity contribution in [3.63, 3.8) is 0 Å². The number of hydrogen-bond donors (Lipinski definition) is 1. The van der Waals surface area contributed by atoms with E-state index in [2.05, 4.69) is 24.1 Å². The van der Waals surface area contributed by atoms with Gasteiger partial charge in [-0.2, -0.15) is 0 Å². The van der Waals surface area contributed by atoms with Crippen LogP contribution in [0.1, 0.15) is 20.3 Å². The lowest BCUT2D eigenvalue weighted by Gasteiger charge is -2.10. The smallest absolute Gasteiger partial charge is 0.295 e. The van der Waals surface area contributed by atoms with Gasteiger partial charge in [0.2, 0.25) is 0 Å². The molecule has 0 saturated carbocycles. The molecule has 0 spiro atoms. The number of rotatable bonds is 5. The molecule has 0 radical (unpaired) electrons. The number of aromatic nitrogens is 1. The summed E-state index contributed by atoms with van der Waals surface area (Å²) in [4.78, 5) is 14.7. The van der Waals surface area contributed by atoms with Crippen molar-refractivity contribution in [1.29, 1.82) is 0 Å². The van der Waals surface area contributed by atoms with Crippen molar-refractivity contribution in [1.82, 2.24) is 4.98 Å². The van der Waals surface area contributed by atoms with Crippen LogP contribution in [0.25, 0.3) is 10.9 Å². The molecule has 0 atom stereocenters. The van der Waals surface area contributed by atoms with E-state index in [1.165, 1.54) is 6.07 Å². The summed E-state index contributed by atoms with van der Waals surface area (Å²) in [7, 11) is 0. The number of nitrogens with one attached hydrogen (secondary N) is 1. The number of para-hydroxylation sites is 1. The third-order valence-corrected chi connectivity index (χ3v) is 2.98. The van der Waals surface area contributed by atoms with Gasteiger partial charge < -0.3 is 5.32 Å². The Morgan fingerprint density at radius 3 is 2.84 bits per heavy atom. The van der Waals surface area contributed by atoms with Crippen molar-refractivity contribution in [3.8, 4) is 0 Å². The van der Waals surface area contributed by atoms with Gasteiger partial charge in [0, 0.05) is 29.9 Å². The SMILES string of the molecule is CC(C)CCNc1ccnc2c([N+](=O)[O-])cccc12. The summed E-state index contributed by atoms with van der Waals surface area (Å²) in [5, 5.41) is 15.1. The zero-order chi connectivity index (χ0) is 13.8. The summed E-state index contributed by atoms with van der Waals surface area (Å²) in [5.74, 6) is 0.620. The number of anilines is 1. The molecule has 0 aliphatic rings. The summed E-state index contributed by atoms with van der Waals surface area (Å²) in [6.07, 6.45) is 2.66. The maximum absolute atomic E-state index is 11.0. The van der Waals surface area contributed by atoms with E-state index in [9.17, 15) is 10.1 Å². The van der Waals surface area contributed by atoms with Crippen molar-refractivity contribution in [3.05, 3.63) is 40.6 Å². The number of benzene rings is 1. The van der Waals surface area contributed by atoms with E-state index in [0.29, 0.717) is 11.4 Å². The van der Waals surface area contributed by atoms with Gasteiger partial charge in [-0.15, -0.1) is 0 Å². The first-order chi connectivity index (χ1) is 9.09. The Labute approximate surface area is 111 Å². The monoisotopic (exact) mass is 259 g/mol. The second kappa shape index (κ2) is 5.65. The predicted molar refractivity (Wildman–Crippen MR) is 76.3 cm³/mol. The van der Waals surface area contributed by atoms with Crippen molar-refractivity contribution >= 4 is 22.3 Å². The third kappa shape index (κ3) is 2.99. The standard InChI is InChI=1S/C14H17N3O2/c1-10(2)6-8-15-12-7-9-16-14-11(12)4-3-5-13(14)17(18)19/h3-5,7,9-10H,6,8H2,1-2H3,(H,15,16). The highest BCUT2D eigenvalue weighted by atomic mass is 16.6. The fraction of sp³-hybridized carbons (Fsp3) is 0.357. The lowest BCUT2D eigenvalue weighted by molar-refractivity contribution is -0.383. The largest absolute Gasteiger partial charge is 0.384 e. The van der Waals surface area contributed by atoms with Crippen LogP contribution in [-0.4, -0.2) is 16.5 Å². The Morgan fingerprint density at radius 1 is 1.37 bits per heavy atom. The molecule has 0 bridgehead atoms. The second-order valence-electron chi connectivity index (χ2n) is 4.90. The molecule has 1 aromatic heterocycles. The number of nitro benzene ring substituents is 1. The molecule has 100 valence electrons. The average molecular weight is 259 g/mol. The molecular formula is C14H17N3O2. The Bertz CT molecular complexity index is 596. The molecule has 2 aromatic rings. The fourth-order valence-corrected chi connectivity index (χ4v) is 1.96.